The minimum absolute atomic E-state index is 0.480. The number of esters is 2. The lowest BCUT2D eigenvalue weighted by molar-refractivity contribution is -0.191. The molecule has 7 nitrogen and oxygen atoms in total. The lowest BCUT2D eigenvalue weighted by atomic mass is 10.3. The standard InChI is InChI=1S/C6H8O4.CH2O3/c1-3-5(7)10-4(2)6(8)9-3;2-1(3)4/h3-4H,1-2H3;(H2,2,3,4). The van der Waals surface area contributed by atoms with Crippen LogP contribution < -0.4 is 0 Å². The van der Waals surface area contributed by atoms with Gasteiger partial charge in [-0.05, 0) is 13.8 Å². The van der Waals surface area contributed by atoms with Crippen LogP contribution in [-0.2, 0) is 19.1 Å². The quantitative estimate of drug-likeness (QED) is 0.540. The summed E-state index contributed by atoms with van der Waals surface area (Å²) in [6.45, 7) is 2.96. The van der Waals surface area contributed by atoms with Crippen LogP contribution in [0.2, 0.25) is 0 Å². The first kappa shape index (κ1) is 12.2. The predicted octanol–water partition coefficient (Wildman–Crippen LogP) is 0.0858. The number of hydrogen-bond acceptors (Lipinski definition) is 5. The van der Waals surface area contributed by atoms with Gasteiger partial charge in [-0.1, -0.05) is 0 Å². The van der Waals surface area contributed by atoms with Crippen LogP contribution in [0.3, 0.4) is 0 Å². The van der Waals surface area contributed by atoms with E-state index in [0.717, 1.165) is 0 Å². The Labute approximate surface area is 79.2 Å². The number of carboxylic acid groups (broad SMARTS) is 2. The Morgan fingerprint density at radius 3 is 1.50 bits per heavy atom. The SMILES string of the molecule is CC1OC(=O)C(C)OC1=O.O=C(O)O. The van der Waals surface area contributed by atoms with Crippen LogP contribution in [0.4, 0.5) is 4.79 Å². The normalized spacial score (nSPS) is 25.3. The fraction of sp³-hybridized carbons (Fsp3) is 0.571. The highest BCUT2D eigenvalue weighted by molar-refractivity contribution is 5.86. The van der Waals surface area contributed by atoms with Gasteiger partial charge in [0.15, 0.2) is 12.2 Å². The van der Waals surface area contributed by atoms with Crippen molar-refractivity contribution in [1.82, 2.24) is 0 Å². The third-order valence-corrected chi connectivity index (χ3v) is 1.25. The van der Waals surface area contributed by atoms with Crippen LogP contribution >= 0.6 is 0 Å². The molecule has 0 spiro atoms. The Balaban J connectivity index is 0.000000364. The zero-order valence-corrected chi connectivity index (χ0v) is 7.59. The first-order valence-electron chi connectivity index (χ1n) is 3.67. The summed E-state index contributed by atoms with van der Waals surface area (Å²) in [6, 6.07) is 0. The van der Waals surface area contributed by atoms with E-state index in [2.05, 4.69) is 9.47 Å². The van der Waals surface area contributed by atoms with Crippen molar-refractivity contribution >= 4 is 18.1 Å². The molecule has 0 saturated carbocycles. The first-order chi connectivity index (χ1) is 6.34. The number of hydrogen-bond donors (Lipinski definition) is 2. The molecule has 0 radical (unpaired) electrons. The van der Waals surface area contributed by atoms with E-state index in [9.17, 15) is 9.59 Å². The second-order valence-electron chi connectivity index (χ2n) is 2.44. The summed E-state index contributed by atoms with van der Waals surface area (Å²) in [7, 11) is 0. The number of carbonyl (C=O) groups excluding carboxylic acids is 2. The highest BCUT2D eigenvalue weighted by atomic mass is 16.6. The molecule has 1 aliphatic heterocycles. The van der Waals surface area contributed by atoms with Crippen LogP contribution in [0.1, 0.15) is 13.8 Å². The number of rotatable bonds is 0. The monoisotopic (exact) mass is 206 g/mol. The largest absolute Gasteiger partial charge is 0.503 e. The van der Waals surface area contributed by atoms with Gasteiger partial charge in [0.1, 0.15) is 0 Å². The van der Waals surface area contributed by atoms with Gasteiger partial charge in [0.05, 0.1) is 0 Å². The van der Waals surface area contributed by atoms with Crippen molar-refractivity contribution in [3.8, 4) is 0 Å². The fourth-order valence-corrected chi connectivity index (χ4v) is 0.636. The van der Waals surface area contributed by atoms with Gasteiger partial charge in [0.2, 0.25) is 0 Å². The molecule has 0 aromatic heterocycles. The molecule has 1 rings (SSSR count). The summed E-state index contributed by atoms with van der Waals surface area (Å²) in [5.41, 5.74) is 0. The van der Waals surface area contributed by atoms with Gasteiger partial charge < -0.3 is 19.7 Å². The summed E-state index contributed by atoms with van der Waals surface area (Å²) in [6.07, 6.45) is -3.33. The predicted molar refractivity (Wildman–Crippen MR) is 41.8 cm³/mol. The van der Waals surface area contributed by atoms with Gasteiger partial charge in [0.25, 0.3) is 0 Å². The minimum atomic E-state index is -1.83. The smallest absolute Gasteiger partial charge is 0.450 e. The van der Waals surface area contributed by atoms with Crippen molar-refractivity contribution < 1.29 is 34.1 Å². The van der Waals surface area contributed by atoms with E-state index < -0.39 is 30.3 Å². The third kappa shape index (κ3) is 4.29. The third-order valence-electron chi connectivity index (χ3n) is 1.25. The van der Waals surface area contributed by atoms with Gasteiger partial charge in [0, 0.05) is 0 Å². The molecule has 80 valence electrons. The molecule has 1 aliphatic rings. The number of ether oxygens (including phenoxy) is 2. The maximum atomic E-state index is 10.7. The van der Waals surface area contributed by atoms with Crippen LogP contribution in [0.5, 0.6) is 0 Å². The summed E-state index contributed by atoms with van der Waals surface area (Å²) in [4.78, 5) is 29.9. The zero-order valence-electron chi connectivity index (χ0n) is 7.59. The average molecular weight is 206 g/mol. The van der Waals surface area contributed by atoms with Crippen molar-refractivity contribution in [3.63, 3.8) is 0 Å². The molecule has 0 aromatic rings. The molecule has 14 heavy (non-hydrogen) atoms. The molecular formula is C7H10O7. The summed E-state index contributed by atoms with van der Waals surface area (Å²) in [5, 5.41) is 13.9. The molecule has 0 bridgehead atoms. The zero-order chi connectivity index (χ0) is 11.3. The molecule has 2 unspecified atom stereocenters. The second-order valence-corrected chi connectivity index (χ2v) is 2.44. The van der Waals surface area contributed by atoms with Crippen LogP contribution in [0, 0.1) is 0 Å². The molecule has 1 saturated heterocycles. The molecule has 0 aromatic carbocycles. The maximum Gasteiger partial charge on any atom is 0.503 e. The van der Waals surface area contributed by atoms with E-state index in [4.69, 9.17) is 15.0 Å². The Hall–Kier alpha value is -1.79. The lowest BCUT2D eigenvalue weighted by Crippen LogP contribution is -2.40. The molecule has 2 atom stereocenters. The van der Waals surface area contributed by atoms with Crippen molar-refractivity contribution in [2.75, 3.05) is 0 Å². The van der Waals surface area contributed by atoms with Gasteiger partial charge in [-0.3, -0.25) is 0 Å². The summed E-state index contributed by atoms with van der Waals surface area (Å²) >= 11 is 0. The molecule has 1 fully saturated rings. The Bertz CT molecular complexity index is 222. The Kier molecular flexibility index (Phi) is 4.41. The molecule has 1 heterocycles. The van der Waals surface area contributed by atoms with E-state index in [1.165, 1.54) is 13.8 Å². The highest BCUT2D eigenvalue weighted by Crippen LogP contribution is 2.08. The van der Waals surface area contributed by atoms with Crippen LogP contribution in [-0.4, -0.2) is 40.5 Å². The van der Waals surface area contributed by atoms with Crippen molar-refractivity contribution in [1.29, 1.82) is 0 Å². The van der Waals surface area contributed by atoms with Crippen LogP contribution in [0.15, 0.2) is 0 Å². The number of cyclic esters (lactones) is 2. The Morgan fingerprint density at radius 1 is 1.07 bits per heavy atom. The molecule has 2 N–H and O–H groups in total. The van der Waals surface area contributed by atoms with Crippen molar-refractivity contribution in [2.24, 2.45) is 0 Å². The topological polar surface area (TPSA) is 110 Å². The van der Waals surface area contributed by atoms with Crippen molar-refractivity contribution in [3.05, 3.63) is 0 Å². The first-order valence-corrected chi connectivity index (χ1v) is 3.67. The van der Waals surface area contributed by atoms with Gasteiger partial charge in [-0.15, -0.1) is 0 Å². The van der Waals surface area contributed by atoms with Gasteiger partial charge in [-0.25, -0.2) is 14.4 Å². The molecular weight excluding hydrogens is 196 g/mol. The van der Waals surface area contributed by atoms with E-state index in [1.807, 2.05) is 0 Å². The van der Waals surface area contributed by atoms with Gasteiger partial charge >= 0.3 is 18.1 Å². The molecule has 0 amide bonds. The average Bonchev–Trinajstić information content (AvgIpc) is 2.00. The second kappa shape index (κ2) is 5.05. The maximum absolute atomic E-state index is 10.7. The van der Waals surface area contributed by atoms with E-state index >= 15 is 0 Å². The summed E-state index contributed by atoms with van der Waals surface area (Å²) in [5.74, 6) is -0.959. The molecule has 0 aliphatic carbocycles. The molecule has 7 heteroatoms. The van der Waals surface area contributed by atoms with Crippen molar-refractivity contribution in [2.45, 2.75) is 26.1 Å². The fourth-order valence-electron chi connectivity index (χ4n) is 0.636. The summed E-state index contributed by atoms with van der Waals surface area (Å²) < 4.78 is 9.19. The van der Waals surface area contributed by atoms with E-state index in [0.29, 0.717) is 0 Å². The van der Waals surface area contributed by atoms with E-state index in [1.54, 1.807) is 0 Å². The lowest BCUT2D eigenvalue weighted by Gasteiger charge is -2.22. The Morgan fingerprint density at radius 2 is 1.29 bits per heavy atom. The van der Waals surface area contributed by atoms with Crippen LogP contribution in [0.25, 0.3) is 0 Å². The minimum Gasteiger partial charge on any atom is -0.450 e. The van der Waals surface area contributed by atoms with Gasteiger partial charge in [-0.2, -0.15) is 0 Å². The highest BCUT2D eigenvalue weighted by Gasteiger charge is 2.32. The van der Waals surface area contributed by atoms with E-state index in [-0.39, 0.29) is 0 Å². The number of carbonyl (C=O) groups is 3.